The highest BCUT2D eigenvalue weighted by Crippen LogP contribution is 2.23. The third kappa shape index (κ3) is 1.57. The van der Waals surface area contributed by atoms with Crippen molar-refractivity contribution in [2.45, 2.75) is 18.9 Å². The molecule has 0 saturated carbocycles. The Bertz CT molecular complexity index is 263. The molecule has 1 saturated heterocycles. The molecule has 72 valence electrons. The molecule has 1 atom stereocenters. The van der Waals surface area contributed by atoms with E-state index < -0.39 is 0 Å². The van der Waals surface area contributed by atoms with Crippen molar-refractivity contribution in [3.63, 3.8) is 0 Å². The van der Waals surface area contributed by atoms with E-state index in [1.165, 1.54) is 0 Å². The number of methoxy groups -OCH3 is 1. The van der Waals surface area contributed by atoms with E-state index in [9.17, 15) is 0 Å². The average molecular weight is 184 g/mol. The van der Waals surface area contributed by atoms with Gasteiger partial charge in [0.25, 0.3) is 0 Å². The molecule has 5 nitrogen and oxygen atoms in total. The maximum absolute atomic E-state index is 5.07. The molecule has 1 aromatic rings. The molecule has 0 bridgehead atoms. The first kappa shape index (κ1) is 8.65. The molecule has 1 aliphatic heterocycles. The van der Waals surface area contributed by atoms with Crippen LogP contribution in [0.1, 0.15) is 30.7 Å². The second-order valence-electron chi connectivity index (χ2n) is 3.10. The second kappa shape index (κ2) is 3.43. The molecule has 0 amide bonds. The van der Waals surface area contributed by atoms with Gasteiger partial charge in [0.1, 0.15) is 6.10 Å². The highest BCUT2D eigenvalue weighted by atomic mass is 16.5. The topological polar surface area (TPSA) is 57.4 Å². The van der Waals surface area contributed by atoms with Crippen molar-refractivity contribution in [2.75, 3.05) is 20.3 Å². The highest BCUT2D eigenvalue weighted by molar-refractivity contribution is 4.98. The summed E-state index contributed by atoms with van der Waals surface area (Å²) in [4.78, 5) is 4.22. The molecular formula is C8H12N2O3. The Labute approximate surface area is 76.0 Å². The Balaban J connectivity index is 2.08. The molecule has 0 aliphatic carbocycles. The Kier molecular flexibility index (Phi) is 2.28. The molecule has 5 heteroatoms. The van der Waals surface area contributed by atoms with Crippen LogP contribution >= 0.6 is 0 Å². The van der Waals surface area contributed by atoms with Gasteiger partial charge in [-0.2, -0.15) is 4.98 Å². The smallest absolute Gasteiger partial charge is 0.234 e. The normalized spacial score (nSPS) is 19.8. The van der Waals surface area contributed by atoms with Gasteiger partial charge in [0.2, 0.25) is 5.89 Å². The molecule has 0 N–H and O–H groups in total. The summed E-state index contributed by atoms with van der Waals surface area (Å²) in [5.41, 5.74) is 0. The van der Waals surface area contributed by atoms with Crippen molar-refractivity contribution in [3.05, 3.63) is 11.7 Å². The largest absolute Gasteiger partial charge is 0.380 e. The van der Waals surface area contributed by atoms with Crippen LogP contribution in [-0.4, -0.2) is 30.5 Å². The fraction of sp³-hybridized carbons (Fsp3) is 0.750. The monoisotopic (exact) mass is 184 g/mol. The van der Waals surface area contributed by atoms with E-state index in [-0.39, 0.29) is 12.0 Å². The molecular weight excluding hydrogens is 172 g/mol. The number of nitrogens with zero attached hydrogens (tertiary/aromatic N) is 2. The summed E-state index contributed by atoms with van der Waals surface area (Å²) in [6, 6.07) is 0. The van der Waals surface area contributed by atoms with Gasteiger partial charge in [-0.15, -0.1) is 0 Å². The van der Waals surface area contributed by atoms with Crippen LogP contribution in [0.2, 0.25) is 0 Å². The highest BCUT2D eigenvalue weighted by Gasteiger charge is 2.27. The lowest BCUT2D eigenvalue weighted by Gasteiger charge is -2.21. The Morgan fingerprint density at radius 3 is 2.85 bits per heavy atom. The summed E-state index contributed by atoms with van der Waals surface area (Å²) >= 11 is 0. The molecule has 1 aromatic heterocycles. The lowest BCUT2D eigenvalue weighted by molar-refractivity contribution is -0.00445. The minimum absolute atomic E-state index is 0.113. The Morgan fingerprint density at radius 1 is 1.54 bits per heavy atom. The minimum Gasteiger partial charge on any atom is -0.380 e. The van der Waals surface area contributed by atoms with Gasteiger partial charge in [0, 0.05) is 7.11 Å². The van der Waals surface area contributed by atoms with Crippen LogP contribution in [0.15, 0.2) is 4.52 Å². The SMILES string of the molecule is COC(C)c1noc(C2COC2)n1. The third-order valence-electron chi connectivity index (χ3n) is 2.16. The maximum Gasteiger partial charge on any atom is 0.234 e. The first-order valence-corrected chi connectivity index (χ1v) is 4.25. The zero-order valence-electron chi connectivity index (χ0n) is 7.69. The molecule has 2 rings (SSSR count). The predicted octanol–water partition coefficient (Wildman–Crippen LogP) is 0.891. The minimum atomic E-state index is -0.113. The standard InChI is InChI=1S/C8H12N2O3/c1-5(11-2)7-9-8(13-10-7)6-3-12-4-6/h5-6H,3-4H2,1-2H3. The number of aromatic nitrogens is 2. The number of ether oxygens (including phenoxy) is 2. The van der Waals surface area contributed by atoms with Gasteiger partial charge in [-0.25, -0.2) is 0 Å². The van der Waals surface area contributed by atoms with E-state index in [0.29, 0.717) is 24.9 Å². The fourth-order valence-electron chi connectivity index (χ4n) is 1.06. The predicted molar refractivity (Wildman–Crippen MR) is 43.3 cm³/mol. The molecule has 0 aromatic carbocycles. The van der Waals surface area contributed by atoms with Crippen molar-refractivity contribution >= 4 is 0 Å². The van der Waals surface area contributed by atoms with E-state index in [1.54, 1.807) is 7.11 Å². The first-order valence-electron chi connectivity index (χ1n) is 4.25. The van der Waals surface area contributed by atoms with Gasteiger partial charge >= 0.3 is 0 Å². The quantitative estimate of drug-likeness (QED) is 0.698. The van der Waals surface area contributed by atoms with Gasteiger partial charge in [-0.1, -0.05) is 5.16 Å². The average Bonchev–Trinajstić information content (AvgIpc) is 2.49. The van der Waals surface area contributed by atoms with Crippen molar-refractivity contribution < 1.29 is 14.0 Å². The number of hydrogen-bond donors (Lipinski definition) is 0. The summed E-state index contributed by atoms with van der Waals surface area (Å²) < 4.78 is 15.2. The first-order chi connectivity index (χ1) is 6.31. The zero-order chi connectivity index (χ0) is 9.26. The molecule has 13 heavy (non-hydrogen) atoms. The molecule has 0 spiro atoms. The van der Waals surface area contributed by atoms with Gasteiger partial charge in [0.15, 0.2) is 5.82 Å². The molecule has 1 fully saturated rings. The van der Waals surface area contributed by atoms with Crippen molar-refractivity contribution in [3.8, 4) is 0 Å². The molecule has 1 aliphatic rings. The number of hydrogen-bond acceptors (Lipinski definition) is 5. The molecule has 1 unspecified atom stereocenters. The van der Waals surface area contributed by atoms with Crippen molar-refractivity contribution in [2.24, 2.45) is 0 Å². The van der Waals surface area contributed by atoms with E-state index >= 15 is 0 Å². The van der Waals surface area contributed by atoms with Gasteiger partial charge < -0.3 is 14.0 Å². The van der Waals surface area contributed by atoms with Gasteiger partial charge in [-0.3, -0.25) is 0 Å². The fourth-order valence-corrected chi connectivity index (χ4v) is 1.06. The lowest BCUT2D eigenvalue weighted by Crippen LogP contribution is -2.25. The van der Waals surface area contributed by atoms with Crippen LogP contribution < -0.4 is 0 Å². The summed E-state index contributed by atoms with van der Waals surface area (Å²) in [5.74, 6) is 1.54. The zero-order valence-corrected chi connectivity index (χ0v) is 7.69. The van der Waals surface area contributed by atoms with Crippen molar-refractivity contribution in [1.29, 1.82) is 0 Å². The summed E-state index contributed by atoms with van der Waals surface area (Å²) in [5, 5.41) is 3.82. The van der Waals surface area contributed by atoms with Gasteiger partial charge in [-0.05, 0) is 6.92 Å². The van der Waals surface area contributed by atoms with Crippen LogP contribution in [0.4, 0.5) is 0 Å². The molecule has 0 radical (unpaired) electrons. The second-order valence-corrected chi connectivity index (χ2v) is 3.10. The van der Waals surface area contributed by atoms with E-state index in [2.05, 4.69) is 10.1 Å². The lowest BCUT2D eigenvalue weighted by atomic mass is 10.1. The Hall–Kier alpha value is -0.940. The molecule has 2 heterocycles. The van der Waals surface area contributed by atoms with Gasteiger partial charge in [0.05, 0.1) is 19.1 Å². The maximum atomic E-state index is 5.07. The van der Waals surface area contributed by atoms with Crippen LogP contribution in [0.25, 0.3) is 0 Å². The van der Waals surface area contributed by atoms with Crippen molar-refractivity contribution in [1.82, 2.24) is 10.1 Å². The van der Waals surface area contributed by atoms with Crippen LogP contribution in [-0.2, 0) is 9.47 Å². The van der Waals surface area contributed by atoms with Crippen LogP contribution in [0.5, 0.6) is 0 Å². The third-order valence-corrected chi connectivity index (χ3v) is 2.16. The van der Waals surface area contributed by atoms with E-state index in [1.807, 2.05) is 6.92 Å². The summed E-state index contributed by atoms with van der Waals surface area (Å²) in [7, 11) is 1.62. The van der Waals surface area contributed by atoms with E-state index in [0.717, 1.165) is 0 Å². The van der Waals surface area contributed by atoms with Crippen LogP contribution in [0, 0.1) is 0 Å². The summed E-state index contributed by atoms with van der Waals surface area (Å²) in [6.07, 6.45) is -0.113. The number of rotatable bonds is 3. The Morgan fingerprint density at radius 2 is 2.31 bits per heavy atom. The van der Waals surface area contributed by atoms with Crippen LogP contribution in [0.3, 0.4) is 0 Å². The van der Waals surface area contributed by atoms with E-state index in [4.69, 9.17) is 14.0 Å². The summed E-state index contributed by atoms with van der Waals surface area (Å²) in [6.45, 7) is 3.25.